The van der Waals surface area contributed by atoms with Crippen molar-refractivity contribution < 1.29 is 0 Å². The summed E-state index contributed by atoms with van der Waals surface area (Å²) in [4.78, 5) is 0. The number of hydrogen-bond donors (Lipinski definition) is 0. The maximum Gasteiger partial charge on any atom is 0.0588 e. The van der Waals surface area contributed by atoms with Gasteiger partial charge >= 0.3 is 0 Å². The van der Waals surface area contributed by atoms with Gasteiger partial charge in [-0.3, -0.25) is 0 Å². The van der Waals surface area contributed by atoms with Crippen LogP contribution in [0.2, 0.25) is 0 Å². The minimum atomic E-state index is -0.177. The summed E-state index contributed by atoms with van der Waals surface area (Å²) >= 11 is 0. The average molecular weight is 601 g/mol. The largest absolute Gasteiger partial charge is 0.309 e. The normalized spacial score (nSPS) is 13.5. The predicted molar refractivity (Wildman–Crippen MR) is 198 cm³/mol. The summed E-state index contributed by atoms with van der Waals surface area (Å²) in [5, 5.41) is 5.18. The van der Waals surface area contributed by atoms with Gasteiger partial charge in [0, 0.05) is 38.3 Å². The topological polar surface area (TPSA) is 9.86 Å². The van der Waals surface area contributed by atoms with Gasteiger partial charge in [-0.25, -0.2) is 0 Å². The summed E-state index contributed by atoms with van der Waals surface area (Å²) in [5.41, 5.74) is 15.2. The number of rotatable bonds is 3. The molecule has 2 heteroatoms. The molecule has 0 unspecified atom stereocenters. The van der Waals surface area contributed by atoms with Crippen molar-refractivity contribution in [3.8, 4) is 33.6 Å². The molecule has 2 nitrogen and oxygen atoms in total. The highest BCUT2D eigenvalue weighted by atomic mass is 15.0. The van der Waals surface area contributed by atoms with E-state index < -0.39 is 0 Å². The lowest BCUT2D eigenvalue weighted by Crippen LogP contribution is -2.16. The number of nitrogens with zero attached hydrogens (tertiary/aromatic N) is 2. The third-order valence-electron chi connectivity index (χ3n) is 10.5. The van der Waals surface area contributed by atoms with E-state index in [2.05, 4.69) is 181 Å². The van der Waals surface area contributed by atoms with Gasteiger partial charge < -0.3 is 9.13 Å². The lowest BCUT2D eigenvalue weighted by atomic mass is 9.80. The van der Waals surface area contributed by atoms with Crippen molar-refractivity contribution in [1.82, 2.24) is 9.13 Å². The molecule has 0 bridgehead atoms. The maximum atomic E-state index is 2.48. The zero-order valence-electron chi connectivity index (χ0n) is 26.4. The van der Waals surface area contributed by atoms with E-state index in [1.54, 1.807) is 0 Å². The van der Waals surface area contributed by atoms with Gasteiger partial charge in [0.05, 0.1) is 22.1 Å². The van der Waals surface area contributed by atoms with E-state index in [-0.39, 0.29) is 5.41 Å². The minimum Gasteiger partial charge on any atom is -0.309 e. The van der Waals surface area contributed by atoms with Crippen LogP contribution < -0.4 is 0 Å². The first-order chi connectivity index (χ1) is 23.1. The molecule has 10 rings (SSSR count). The van der Waals surface area contributed by atoms with E-state index in [0.717, 1.165) is 0 Å². The molecule has 0 atom stereocenters. The minimum absolute atomic E-state index is 0.177. The first kappa shape index (κ1) is 26.4. The molecule has 2 aromatic heterocycles. The zero-order chi connectivity index (χ0) is 31.3. The molecule has 0 amide bonds. The summed E-state index contributed by atoms with van der Waals surface area (Å²) in [7, 11) is 0. The summed E-state index contributed by atoms with van der Waals surface area (Å²) in [6.45, 7) is 4.80. The van der Waals surface area contributed by atoms with Crippen molar-refractivity contribution in [1.29, 1.82) is 0 Å². The Bertz CT molecular complexity index is 2630. The van der Waals surface area contributed by atoms with Gasteiger partial charge in [-0.05, 0) is 81.9 Å². The molecule has 9 aromatic rings. The summed E-state index contributed by atoms with van der Waals surface area (Å²) in [6, 6.07) is 57.9. The van der Waals surface area contributed by atoms with Crippen LogP contribution in [0.1, 0.15) is 25.0 Å². The predicted octanol–water partition coefficient (Wildman–Crippen LogP) is 11.9. The number of para-hydroxylation sites is 4. The van der Waals surface area contributed by atoms with Crippen molar-refractivity contribution in [3.63, 3.8) is 0 Å². The van der Waals surface area contributed by atoms with Crippen molar-refractivity contribution in [2.24, 2.45) is 0 Å². The molecular weight excluding hydrogens is 569 g/mol. The SMILES string of the molecule is CC1(C)c2cc(-c3ccc(-n4c5ccccc5c5ccccc54)cc3)ccc2-c2ccc3c4ccccc4n(-c4ccccc4)c3c21. The van der Waals surface area contributed by atoms with Crippen LogP contribution in [0.5, 0.6) is 0 Å². The fourth-order valence-electron chi connectivity index (χ4n) is 8.37. The standard InChI is InChI=1S/C45H32N2/c1-45(2)39-28-30(29-20-23-32(24-21-29)46-40-17-9-6-14-34(40)35-15-7-10-18-41(35)46)22-25-33(39)37-26-27-38-36-16-8-11-19-42(36)47(44(38)43(37)45)31-12-4-3-5-13-31/h3-28H,1-2H3. The number of benzene rings is 7. The summed E-state index contributed by atoms with van der Waals surface area (Å²) in [6.07, 6.45) is 0. The Morgan fingerprint density at radius 2 is 0.915 bits per heavy atom. The summed E-state index contributed by atoms with van der Waals surface area (Å²) in [5.74, 6) is 0. The van der Waals surface area contributed by atoms with Gasteiger partial charge in [-0.1, -0.05) is 123 Å². The highest BCUT2D eigenvalue weighted by Crippen LogP contribution is 2.53. The molecule has 0 saturated carbocycles. The van der Waals surface area contributed by atoms with Crippen LogP contribution in [0.25, 0.3) is 77.2 Å². The first-order valence-corrected chi connectivity index (χ1v) is 16.5. The molecule has 1 aliphatic rings. The Labute approximate surface area is 273 Å². The molecule has 0 saturated heterocycles. The lowest BCUT2D eigenvalue weighted by molar-refractivity contribution is 0.664. The van der Waals surface area contributed by atoms with Gasteiger partial charge in [-0.15, -0.1) is 0 Å². The molecule has 0 fully saturated rings. The molecule has 2 heterocycles. The van der Waals surface area contributed by atoms with Crippen LogP contribution in [0.15, 0.2) is 158 Å². The van der Waals surface area contributed by atoms with E-state index in [0.29, 0.717) is 0 Å². The molecule has 0 spiro atoms. The second-order valence-electron chi connectivity index (χ2n) is 13.4. The molecule has 1 aliphatic carbocycles. The molecule has 7 aromatic carbocycles. The van der Waals surface area contributed by atoms with E-state index in [1.165, 1.54) is 88.4 Å². The van der Waals surface area contributed by atoms with E-state index in [9.17, 15) is 0 Å². The van der Waals surface area contributed by atoms with E-state index >= 15 is 0 Å². The number of fused-ring (bicyclic) bond motifs is 10. The van der Waals surface area contributed by atoms with Crippen molar-refractivity contribution >= 4 is 43.6 Å². The quantitative estimate of drug-likeness (QED) is 0.191. The lowest BCUT2D eigenvalue weighted by Gasteiger charge is -2.24. The first-order valence-electron chi connectivity index (χ1n) is 16.5. The molecule has 222 valence electrons. The highest BCUT2D eigenvalue weighted by molar-refractivity contribution is 6.13. The Morgan fingerprint density at radius 1 is 0.404 bits per heavy atom. The maximum absolute atomic E-state index is 2.48. The third kappa shape index (κ3) is 3.61. The van der Waals surface area contributed by atoms with Crippen LogP contribution in [-0.4, -0.2) is 9.13 Å². The van der Waals surface area contributed by atoms with Gasteiger partial charge in [0.15, 0.2) is 0 Å². The highest BCUT2D eigenvalue weighted by Gasteiger charge is 2.38. The average Bonchev–Trinajstić information content (AvgIpc) is 3.72. The van der Waals surface area contributed by atoms with E-state index in [4.69, 9.17) is 0 Å². The van der Waals surface area contributed by atoms with Crippen LogP contribution in [0, 0.1) is 0 Å². The number of aromatic nitrogens is 2. The Balaban J connectivity index is 1.12. The van der Waals surface area contributed by atoms with E-state index in [1.807, 2.05) is 0 Å². The van der Waals surface area contributed by atoms with Gasteiger partial charge in [0.2, 0.25) is 0 Å². The van der Waals surface area contributed by atoms with Gasteiger partial charge in [-0.2, -0.15) is 0 Å². The molecule has 0 aliphatic heterocycles. The molecule has 0 radical (unpaired) electrons. The van der Waals surface area contributed by atoms with Crippen LogP contribution in [0.4, 0.5) is 0 Å². The molecule has 47 heavy (non-hydrogen) atoms. The van der Waals surface area contributed by atoms with Gasteiger partial charge in [0.1, 0.15) is 0 Å². The van der Waals surface area contributed by atoms with Gasteiger partial charge in [0.25, 0.3) is 0 Å². The van der Waals surface area contributed by atoms with Crippen LogP contribution >= 0.6 is 0 Å². The van der Waals surface area contributed by atoms with Crippen LogP contribution in [-0.2, 0) is 5.41 Å². The zero-order valence-corrected chi connectivity index (χ0v) is 26.4. The van der Waals surface area contributed by atoms with Crippen LogP contribution in [0.3, 0.4) is 0 Å². The smallest absolute Gasteiger partial charge is 0.0588 e. The second-order valence-corrected chi connectivity index (χ2v) is 13.4. The van der Waals surface area contributed by atoms with Crippen molar-refractivity contribution in [2.45, 2.75) is 19.3 Å². The summed E-state index contributed by atoms with van der Waals surface area (Å²) < 4.78 is 4.86. The van der Waals surface area contributed by atoms with Crippen molar-refractivity contribution in [2.75, 3.05) is 0 Å². The Hall–Kier alpha value is -5.86. The number of hydrogen-bond acceptors (Lipinski definition) is 0. The van der Waals surface area contributed by atoms with Crippen molar-refractivity contribution in [3.05, 3.63) is 169 Å². The fourth-order valence-corrected chi connectivity index (χ4v) is 8.37. The molecular formula is C45H32N2. The Morgan fingerprint density at radius 3 is 1.57 bits per heavy atom. The second kappa shape index (κ2) is 9.57. The fraction of sp³-hybridized carbons (Fsp3) is 0.0667. The molecule has 0 N–H and O–H groups in total. The third-order valence-corrected chi connectivity index (χ3v) is 10.5. The Kier molecular flexibility index (Phi) is 5.37. The monoisotopic (exact) mass is 600 g/mol.